The molecule has 1 atom stereocenters. The second kappa shape index (κ2) is 6.67. The number of nitrogens with one attached hydrogen (secondary N) is 1. The predicted molar refractivity (Wildman–Crippen MR) is 93.2 cm³/mol. The number of nitrogens with two attached hydrogens (primary N) is 1. The van der Waals surface area contributed by atoms with Gasteiger partial charge < -0.3 is 11.1 Å². The molecular formula is C18H23ClN2O. The fourth-order valence-electron chi connectivity index (χ4n) is 2.94. The van der Waals surface area contributed by atoms with Crippen molar-refractivity contribution in [3.8, 4) is 0 Å². The van der Waals surface area contributed by atoms with E-state index in [4.69, 9.17) is 5.73 Å². The van der Waals surface area contributed by atoms with E-state index >= 15 is 0 Å². The minimum atomic E-state index is -0.242. The highest BCUT2D eigenvalue weighted by molar-refractivity contribution is 5.86. The first-order chi connectivity index (χ1) is 10.1. The van der Waals surface area contributed by atoms with Gasteiger partial charge in [-0.05, 0) is 42.0 Å². The fourth-order valence-corrected chi connectivity index (χ4v) is 2.94. The van der Waals surface area contributed by atoms with Crippen LogP contribution in [0.2, 0.25) is 0 Å². The van der Waals surface area contributed by atoms with Crippen LogP contribution in [-0.4, -0.2) is 18.0 Å². The van der Waals surface area contributed by atoms with Gasteiger partial charge in [0.25, 0.3) is 0 Å². The van der Waals surface area contributed by atoms with Crippen molar-refractivity contribution in [3.63, 3.8) is 0 Å². The molecule has 3 N–H and O–H groups in total. The number of rotatable bonds is 5. The maximum Gasteiger partial charge on any atom is 0.224 e. The van der Waals surface area contributed by atoms with Gasteiger partial charge in [-0.1, -0.05) is 42.5 Å². The first kappa shape index (κ1) is 16.8. The third kappa shape index (κ3) is 3.60. The zero-order chi connectivity index (χ0) is 14.9. The molecular weight excluding hydrogens is 296 g/mol. The standard InChI is InChI=1S/C18H22N2O.ClH/c1-18(12-19,16-8-9-16)20-17(21)11-13-6-7-14-4-2-3-5-15(14)10-13;/h2-7,10,16H,8-9,11-12,19H2,1H3,(H,20,21);1H. The predicted octanol–water partition coefficient (Wildman–Crippen LogP) is 3.05. The SMILES string of the molecule is CC(CN)(NC(=O)Cc1ccc2ccccc2c1)C1CC1.Cl. The summed E-state index contributed by atoms with van der Waals surface area (Å²) in [4.78, 5) is 12.3. The molecule has 3 rings (SSSR count). The van der Waals surface area contributed by atoms with Gasteiger partial charge in [0.15, 0.2) is 0 Å². The monoisotopic (exact) mass is 318 g/mol. The molecule has 1 aliphatic carbocycles. The van der Waals surface area contributed by atoms with Crippen LogP contribution in [0.25, 0.3) is 10.8 Å². The molecule has 1 fully saturated rings. The Bertz CT molecular complexity index is 669. The quantitative estimate of drug-likeness (QED) is 0.890. The first-order valence-corrected chi connectivity index (χ1v) is 7.59. The minimum Gasteiger partial charge on any atom is -0.349 e. The van der Waals surface area contributed by atoms with Crippen LogP contribution in [0.1, 0.15) is 25.3 Å². The molecule has 2 aromatic rings. The number of amides is 1. The van der Waals surface area contributed by atoms with Crippen molar-refractivity contribution in [2.45, 2.75) is 31.7 Å². The highest BCUT2D eigenvalue weighted by atomic mass is 35.5. The van der Waals surface area contributed by atoms with E-state index in [1.807, 2.05) is 18.2 Å². The van der Waals surface area contributed by atoms with Crippen molar-refractivity contribution < 1.29 is 4.79 Å². The third-order valence-electron chi connectivity index (χ3n) is 4.51. The molecule has 0 spiro atoms. The highest BCUT2D eigenvalue weighted by Gasteiger charge is 2.41. The van der Waals surface area contributed by atoms with Gasteiger partial charge >= 0.3 is 0 Å². The summed E-state index contributed by atoms with van der Waals surface area (Å²) in [5.74, 6) is 0.605. The average Bonchev–Trinajstić information content (AvgIpc) is 3.32. The number of hydrogen-bond donors (Lipinski definition) is 2. The van der Waals surface area contributed by atoms with Gasteiger partial charge in [-0.25, -0.2) is 0 Å². The summed E-state index contributed by atoms with van der Waals surface area (Å²) in [6.07, 6.45) is 2.75. The van der Waals surface area contributed by atoms with Crippen LogP contribution in [-0.2, 0) is 11.2 Å². The smallest absolute Gasteiger partial charge is 0.224 e. The summed E-state index contributed by atoms with van der Waals surface area (Å²) in [6, 6.07) is 14.4. The van der Waals surface area contributed by atoms with Crippen LogP contribution in [0.3, 0.4) is 0 Å². The van der Waals surface area contributed by atoms with E-state index in [0.717, 1.165) is 5.56 Å². The molecule has 118 valence electrons. The lowest BCUT2D eigenvalue weighted by Crippen LogP contribution is -2.53. The van der Waals surface area contributed by atoms with Crippen molar-refractivity contribution in [1.29, 1.82) is 0 Å². The summed E-state index contributed by atoms with van der Waals surface area (Å²) >= 11 is 0. The van der Waals surface area contributed by atoms with Crippen molar-refractivity contribution in [1.82, 2.24) is 5.32 Å². The zero-order valence-electron chi connectivity index (χ0n) is 12.8. The summed E-state index contributed by atoms with van der Waals surface area (Å²) in [7, 11) is 0. The van der Waals surface area contributed by atoms with Gasteiger partial charge in [0.2, 0.25) is 5.91 Å². The zero-order valence-corrected chi connectivity index (χ0v) is 13.7. The number of hydrogen-bond acceptors (Lipinski definition) is 2. The first-order valence-electron chi connectivity index (χ1n) is 7.59. The Morgan fingerprint density at radius 2 is 1.91 bits per heavy atom. The minimum absolute atomic E-state index is 0. The van der Waals surface area contributed by atoms with Gasteiger partial charge in [0.1, 0.15) is 0 Å². The van der Waals surface area contributed by atoms with Crippen LogP contribution < -0.4 is 11.1 Å². The van der Waals surface area contributed by atoms with E-state index in [0.29, 0.717) is 18.9 Å². The summed E-state index contributed by atoms with van der Waals surface area (Å²) in [6.45, 7) is 2.56. The van der Waals surface area contributed by atoms with E-state index in [1.54, 1.807) is 0 Å². The van der Waals surface area contributed by atoms with Crippen LogP contribution >= 0.6 is 12.4 Å². The molecule has 0 bridgehead atoms. The Labute approximate surface area is 137 Å². The molecule has 22 heavy (non-hydrogen) atoms. The molecule has 2 aromatic carbocycles. The second-order valence-corrected chi connectivity index (χ2v) is 6.30. The number of carbonyl (C=O) groups is 1. The van der Waals surface area contributed by atoms with Crippen molar-refractivity contribution in [2.24, 2.45) is 11.7 Å². The Morgan fingerprint density at radius 1 is 1.23 bits per heavy atom. The lowest BCUT2D eigenvalue weighted by atomic mass is 9.95. The molecule has 1 aliphatic rings. The van der Waals surface area contributed by atoms with Crippen LogP contribution in [0.4, 0.5) is 0 Å². The lowest BCUT2D eigenvalue weighted by Gasteiger charge is -2.29. The molecule has 1 amide bonds. The summed E-state index contributed by atoms with van der Waals surface area (Å²) in [5.41, 5.74) is 6.65. The van der Waals surface area contributed by atoms with Gasteiger partial charge in [-0.2, -0.15) is 0 Å². The van der Waals surface area contributed by atoms with E-state index in [1.165, 1.54) is 23.6 Å². The maximum absolute atomic E-state index is 12.3. The van der Waals surface area contributed by atoms with E-state index in [-0.39, 0.29) is 23.9 Å². The number of fused-ring (bicyclic) bond motifs is 1. The lowest BCUT2D eigenvalue weighted by molar-refractivity contribution is -0.122. The largest absolute Gasteiger partial charge is 0.349 e. The van der Waals surface area contributed by atoms with Crippen LogP contribution in [0, 0.1) is 5.92 Å². The van der Waals surface area contributed by atoms with Gasteiger partial charge in [0.05, 0.1) is 12.0 Å². The second-order valence-electron chi connectivity index (χ2n) is 6.30. The van der Waals surface area contributed by atoms with Crippen LogP contribution in [0.5, 0.6) is 0 Å². The van der Waals surface area contributed by atoms with Crippen molar-refractivity contribution >= 4 is 29.1 Å². The molecule has 0 heterocycles. The Morgan fingerprint density at radius 3 is 2.55 bits per heavy atom. The van der Waals surface area contributed by atoms with E-state index in [9.17, 15) is 4.79 Å². The molecule has 0 radical (unpaired) electrons. The Hall–Kier alpha value is -1.58. The van der Waals surface area contributed by atoms with Gasteiger partial charge in [-0.15, -0.1) is 12.4 Å². The number of carbonyl (C=O) groups excluding carboxylic acids is 1. The Kier molecular flexibility index (Phi) is 5.09. The molecule has 0 saturated heterocycles. The normalized spacial score (nSPS) is 16.6. The molecule has 1 unspecified atom stereocenters. The Balaban J connectivity index is 0.00000176. The molecule has 0 aromatic heterocycles. The third-order valence-corrected chi connectivity index (χ3v) is 4.51. The molecule has 3 nitrogen and oxygen atoms in total. The molecule has 1 saturated carbocycles. The van der Waals surface area contributed by atoms with Crippen molar-refractivity contribution in [2.75, 3.05) is 6.54 Å². The number of halogens is 1. The summed E-state index contributed by atoms with van der Waals surface area (Å²) < 4.78 is 0. The van der Waals surface area contributed by atoms with Crippen molar-refractivity contribution in [3.05, 3.63) is 48.0 Å². The maximum atomic E-state index is 12.3. The average molecular weight is 319 g/mol. The topological polar surface area (TPSA) is 55.1 Å². The van der Waals surface area contributed by atoms with E-state index < -0.39 is 0 Å². The molecule has 0 aliphatic heterocycles. The summed E-state index contributed by atoms with van der Waals surface area (Å²) in [5, 5.41) is 5.51. The molecule has 4 heteroatoms. The number of benzene rings is 2. The fraction of sp³-hybridized carbons (Fsp3) is 0.389. The van der Waals surface area contributed by atoms with Gasteiger partial charge in [-0.3, -0.25) is 4.79 Å². The van der Waals surface area contributed by atoms with Crippen LogP contribution in [0.15, 0.2) is 42.5 Å². The van der Waals surface area contributed by atoms with E-state index in [2.05, 4.69) is 36.5 Å². The highest BCUT2D eigenvalue weighted by Crippen LogP contribution is 2.39. The van der Waals surface area contributed by atoms with Gasteiger partial charge in [0, 0.05) is 6.54 Å².